The number of rotatable bonds is 2. The molecule has 0 spiro atoms. The average Bonchev–Trinajstić information content (AvgIpc) is 2.17. The number of nitrogens with zero attached hydrogens (tertiary/aromatic N) is 1. The molecule has 1 amide bonds. The fourth-order valence-electron chi connectivity index (χ4n) is 1.96. The van der Waals surface area contributed by atoms with Crippen molar-refractivity contribution in [2.45, 2.75) is 45.2 Å². The zero-order valence-corrected chi connectivity index (χ0v) is 10.0. The van der Waals surface area contributed by atoms with Crippen LogP contribution >= 0.6 is 0 Å². The van der Waals surface area contributed by atoms with E-state index in [2.05, 4.69) is 37.6 Å². The maximum atomic E-state index is 11.2. The molecule has 0 saturated carbocycles. The van der Waals surface area contributed by atoms with Gasteiger partial charge >= 0.3 is 0 Å². The van der Waals surface area contributed by atoms with Crippen molar-refractivity contribution >= 4 is 5.91 Å². The standard InChI is InChI=1S/C12H22N2O/c1-5-11(15)13-10-7-6-8-14(9-10)12(2,3)4/h5,10H,1,6-9H2,2-4H3,(H,13,15)/t10-/m1/s1. The zero-order valence-electron chi connectivity index (χ0n) is 10.0. The second kappa shape index (κ2) is 4.79. The first kappa shape index (κ1) is 12.2. The van der Waals surface area contributed by atoms with E-state index >= 15 is 0 Å². The van der Waals surface area contributed by atoms with Crippen LogP contribution in [0, 0.1) is 0 Å². The molecule has 1 saturated heterocycles. The Bertz CT molecular complexity index is 242. The van der Waals surface area contributed by atoms with Crippen molar-refractivity contribution in [3.63, 3.8) is 0 Å². The average molecular weight is 210 g/mol. The molecule has 15 heavy (non-hydrogen) atoms. The number of hydrogen-bond acceptors (Lipinski definition) is 2. The molecule has 1 atom stereocenters. The van der Waals surface area contributed by atoms with E-state index in [4.69, 9.17) is 0 Å². The molecule has 0 unspecified atom stereocenters. The molecule has 1 N–H and O–H groups in total. The monoisotopic (exact) mass is 210 g/mol. The lowest BCUT2D eigenvalue weighted by molar-refractivity contribution is -0.117. The summed E-state index contributed by atoms with van der Waals surface area (Å²) in [6.07, 6.45) is 3.57. The van der Waals surface area contributed by atoms with Crippen LogP contribution in [-0.4, -0.2) is 35.5 Å². The summed E-state index contributed by atoms with van der Waals surface area (Å²) >= 11 is 0. The lowest BCUT2D eigenvalue weighted by Gasteiger charge is -2.41. The van der Waals surface area contributed by atoms with Gasteiger partial charge in [-0.05, 0) is 46.2 Å². The predicted molar refractivity (Wildman–Crippen MR) is 62.7 cm³/mol. The van der Waals surface area contributed by atoms with Gasteiger partial charge in [0.05, 0.1) is 0 Å². The number of carbonyl (C=O) groups excluding carboxylic acids is 1. The molecule has 0 aromatic carbocycles. The van der Waals surface area contributed by atoms with Crippen LogP contribution in [0.2, 0.25) is 0 Å². The third-order valence-electron chi connectivity index (χ3n) is 2.90. The highest BCUT2D eigenvalue weighted by molar-refractivity contribution is 5.87. The third kappa shape index (κ3) is 3.67. The maximum Gasteiger partial charge on any atom is 0.243 e. The van der Waals surface area contributed by atoms with Crippen LogP contribution in [0.1, 0.15) is 33.6 Å². The molecule has 1 fully saturated rings. The molecule has 0 radical (unpaired) electrons. The molecule has 0 aromatic rings. The van der Waals surface area contributed by atoms with Gasteiger partial charge in [0.25, 0.3) is 0 Å². The first-order valence-corrected chi connectivity index (χ1v) is 5.61. The Balaban J connectivity index is 2.49. The number of hydrogen-bond donors (Lipinski definition) is 1. The number of carbonyl (C=O) groups is 1. The Labute approximate surface area is 92.5 Å². The first-order valence-electron chi connectivity index (χ1n) is 5.61. The van der Waals surface area contributed by atoms with Crippen LogP contribution in [0.5, 0.6) is 0 Å². The molecule has 1 rings (SSSR count). The van der Waals surface area contributed by atoms with E-state index in [9.17, 15) is 4.79 Å². The molecule has 86 valence electrons. The Morgan fingerprint density at radius 2 is 2.20 bits per heavy atom. The second-order valence-electron chi connectivity index (χ2n) is 5.17. The summed E-state index contributed by atoms with van der Waals surface area (Å²) in [6, 6.07) is 0.281. The lowest BCUT2D eigenvalue weighted by Crippen LogP contribution is -2.53. The molecule has 3 heteroatoms. The molecule has 1 aliphatic heterocycles. The molecule has 0 aliphatic carbocycles. The van der Waals surface area contributed by atoms with Gasteiger partial charge in [0.1, 0.15) is 0 Å². The fourth-order valence-corrected chi connectivity index (χ4v) is 1.96. The van der Waals surface area contributed by atoms with Gasteiger partial charge in [-0.1, -0.05) is 6.58 Å². The summed E-state index contributed by atoms with van der Waals surface area (Å²) < 4.78 is 0. The maximum absolute atomic E-state index is 11.2. The fraction of sp³-hybridized carbons (Fsp3) is 0.750. The van der Waals surface area contributed by atoms with Crippen molar-refractivity contribution in [2.24, 2.45) is 0 Å². The highest BCUT2D eigenvalue weighted by Crippen LogP contribution is 2.19. The summed E-state index contributed by atoms with van der Waals surface area (Å²) in [5, 5.41) is 2.97. The molecule has 0 aromatic heterocycles. The predicted octanol–water partition coefficient (Wildman–Crippen LogP) is 1.55. The van der Waals surface area contributed by atoms with Gasteiger partial charge in [0.15, 0.2) is 0 Å². The topological polar surface area (TPSA) is 32.3 Å². The smallest absolute Gasteiger partial charge is 0.243 e. The summed E-state index contributed by atoms with van der Waals surface area (Å²) in [7, 11) is 0. The Hall–Kier alpha value is -0.830. The SMILES string of the molecule is C=CC(=O)N[C@@H]1CCCN(C(C)(C)C)C1. The summed E-state index contributed by atoms with van der Waals surface area (Å²) in [6.45, 7) is 12.2. The van der Waals surface area contributed by atoms with Gasteiger partial charge in [-0.25, -0.2) is 0 Å². The Morgan fingerprint density at radius 1 is 1.53 bits per heavy atom. The minimum atomic E-state index is -0.0595. The Morgan fingerprint density at radius 3 is 2.73 bits per heavy atom. The molecular weight excluding hydrogens is 188 g/mol. The minimum absolute atomic E-state index is 0.0595. The van der Waals surface area contributed by atoms with Crippen molar-refractivity contribution in [3.05, 3.63) is 12.7 Å². The van der Waals surface area contributed by atoms with Crippen molar-refractivity contribution < 1.29 is 4.79 Å². The van der Waals surface area contributed by atoms with E-state index in [1.807, 2.05) is 0 Å². The van der Waals surface area contributed by atoms with Gasteiger partial charge in [0, 0.05) is 18.1 Å². The summed E-state index contributed by atoms with van der Waals surface area (Å²) in [5.41, 5.74) is 0.192. The highest BCUT2D eigenvalue weighted by atomic mass is 16.1. The van der Waals surface area contributed by atoms with E-state index in [1.54, 1.807) is 0 Å². The van der Waals surface area contributed by atoms with Crippen LogP contribution < -0.4 is 5.32 Å². The Kier molecular flexibility index (Phi) is 3.91. The van der Waals surface area contributed by atoms with Crippen LogP contribution in [-0.2, 0) is 4.79 Å². The van der Waals surface area contributed by atoms with Crippen molar-refractivity contribution in [1.29, 1.82) is 0 Å². The summed E-state index contributed by atoms with van der Waals surface area (Å²) in [5.74, 6) is -0.0595. The molecule has 0 bridgehead atoms. The first-order chi connectivity index (χ1) is 6.93. The van der Waals surface area contributed by atoms with Crippen LogP contribution in [0.15, 0.2) is 12.7 Å². The lowest BCUT2D eigenvalue weighted by atomic mass is 9.98. The van der Waals surface area contributed by atoms with Gasteiger partial charge in [-0.3, -0.25) is 9.69 Å². The van der Waals surface area contributed by atoms with Crippen molar-refractivity contribution in [3.8, 4) is 0 Å². The number of nitrogens with one attached hydrogen (secondary N) is 1. The summed E-state index contributed by atoms with van der Waals surface area (Å²) in [4.78, 5) is 13.6. The normalized spacial score (nSPS) is 23.5. The van der Waals surface area contributed by atoms with E-state index in [-0.39, 0.29) is 17.5 Å². The van der Waals surface area contributed by atoms with E-state index < -0.39 is 0 Å². The number of likely N-dealkylation sites (tertiary alicyclic amines) is 1. The quantitative estimate of drug-likeness (QED) is 0.701. The second-order valence-corrected chi connectivity index (χ2v) is 5.17. The minimum Gasteiger partial charge on any atom is -0.349 e. The van der Waals surface area contributed by atoms with E-state index in [1.165, 1.54) is 6.08 Å². The molecular formula is C12H22N2O. The van der Waals surface area contributed by atoms with Crippen LogP contribution in [0.25, 0.3) is 0 Å². The number of amides is 1. The molecule has 1 heterocycles. The van der Waals surface area contributed by atoms with Crippen LogP contribution in [0.4, 0.5) is 0 Å². The molecule has 1 aliphatic rings. The highest BCUT2D eigenvalue weighted by Gasteiger charge is 2.27. The van der Waals surface area contributed by atoms with Crippen molar-refractivity contribution in [2.75, 3.05) is 13.1 Å². The molecule has 3 nitrogen and oxygen atoms in total. The third-order valence-corrected chi connectivity index (χ3v) is 2.90. The van der Waals surface area contributed by atoms with Gasteiger partial charge in [-0.2, -0.15) is 0 Å². The van der Waals surface area contributed by atoms with Gasteiger partial charge < -0.3 is 5.32 Å². The van der Waals surface area contributed by atoms with Gasteiger partial charge in [-0.15, -0.1) is 0 Å². The van der Waals surface area contributed by atoms with Crippen LogP contribution in [0.3, 0.4) is 0 Å². The van der Waals surface area contributed by atoms with E-state index in [0.717, 1.165) is 25.9 Å². The van der Waals surface area contributed by atoms with Gasteiger partial charge in [0.2, 0.25) is 5.91 Å². The van der Waals surface area contributed by atoms with E-state index in [0.29, 0.717) is 0 Å². The largest absolute Gasteiger partial charge is 0.349 e. The van der Waals surface area contributed by atoms with Crippen molar-refractivity contribution in [1.82, 2.24) is 10.2 Å². The zero-order chi connectivity index (χ0) is 11.5. The number of piperidine rings is 1.